The molecule has 0 radical (unpaired) electrons. The molecule has 1 saturated heterocycles. The van der Waals surface area contributed by atoms with E-state index in [1.54, 1.807) is 0 Å². The number of nitrogens with zero attached hydrogens (tertiary/aromatic N) is 1. The smallest absolute Gasteiger partial charge is 0.124 e. The van der Waals surface area contributed by atoms with Crippen LogP contribution in [0.2, 0.25) is 0 Å². The molecule has 1 aliphatic heterocycles. The molecule has 1 heterocycles. The first-order chi connectivity index (χ1) is 9.69. The summed E-state index contributed by atoms with van der Waals surface area (Å²) in [5.41, 5.74) is 7.21. The van der Waals surface area contributed by atoms with Crippen LogP contribution in [0, 0.1) is 0 Å². The highest BCUT2D eigenvalue weighted by Crippen LogP contribution is 2.32. The third kappa shape index (κ3) is 3.14. The zero-order valence-corrected chi connectivity index (χ0v) is 12.7. The first-order valence-corrected chi connectivity index (χ1v) is 7.44. The van der Waals surface area contributed by atoms with Crippen molar-refractivity contribution < 1.29 is 9.47 Å². The molecule has 1 aliphatic rings. The van der Waals surface area contributed by atoms with Crippen molar-refractivity contribution in [2.45, 2.75) is 38.5 Å². The summed E-state index contributed by atoms with van der Waals surface area (Å²) in [5.74, 6) is 0.934. The number of para-hydroxylation sites is 1. The van der Waals surface area contributed by atoms with E-state index in [9.17, 15) is 0 Å². The summed E-state index contributed by atoms with van der Waals surface area (Å²) >= 11 is 0. The molecule has 0 bridgehead atoms. The summed E-state index contributed by atoms with van der Waals surface area (Å²) < 4.78 is 11.4. The molecule has 3 atom stereocenters. The quantitative estimate of drug-likeness (QED) is 0.866. The molecular formula is C16H26N2O2. The van der Waals surface area contributed by atoms with E-state index in [0.29, 0.717) is 19.2 Å². The molecule has 3 unspecified atom stereocenters. The number of hydrogen-bond acceptors (Lipinski definition) is 4. The molecule has 0 aromatic heterocycles. The lowest BCUT2D eigenvalue weighted by Gasteiger charge is -2.34. The number of ether oxygens (including phenoxy) is 2. The molecule has 4 heteroatoms. The van der Waals surface area contributed by atoms with Crippen LogP contribution < -0.4 is 10.5 Å². The molecule has 2 rings (SSSR count). The van der Waals surface area contributed by atoms with Crippen LogP contribution in [0.1, 0.15) is 31.9 Å². The topological polar surface area (TPSA) is 47.7 Å². The Hall–Kier alpha value is -1.10. The summed E-state index contributed by atoms with van der Waals surface area (Å²) in [4.78, 5) is 2.34. The van der Waals surface area contributed by atoms with Crippen molar-refractivity contribution in [2.24, 2.45) is 5.73 Å². The molecular weight excluding hydrogens is 252 g/mol. The van der Waals surface area contributed by atoms with Crippen LogP contribution in [0.25, 0.3) is 0 Å². The molecule has 0 spiro atoms. The molecule has 1 aromatic carbocycles. The van der Waals surface area contributed by atoms with E-state index in [2.05, 4.69) is 24.9 Å². The minimum Gasteiger partial charge on any atom is -0.494 e. The lowest BCUT2D eigenvalue weighted by molar-refractivity contribution is 0.0680. The van der Waals surface area contributed by atoms with Crippen molar-refractivity contribution in [3.63, 3.8) is 0 Å². The lowest BCUT2D eigenvalue weighted by Crippen LogP contribution is -2.42. The molecule has 0 aliphatic carbocycles. The van der Waals surface area contributed by atoms with Crippen LogP contribution >= 0.6 is 0 Å². The fraction of sp³-hybridized carbons (Fsp3) is 0.625. The van der Waals surface area contributed by atoms with Gasteiger partial charge >= 0.3 is 0 Å². The number of likely N-dealkylation sites (N-methyl/N-ethyl adjacent to an activating group) is 1. The van der Waals surface area contributed by atoms with E-state index >= 15 is 0 Å². The van der Waals surface area contributed by atoms with Crippen molar-refractivity contribution >= 4 is 0 Å². The second-order valence-corrected chi connectivity index (χ2v) is 5.32. The number of benzene rings is 1. The highest BCUT2D eigenvalue weighted by molar-refractivity contribution is 5.36. The summed E-state index contributed by atoms with van der Waals surface area (Å²) in [7, 11) is 2.14. The molecule has 112 valence electrons. The normalized spacial score (nSPS) is 24.1. The summed E-state index contributed by atoms with van der Waals surface area (Å²) in [6, 6.07) is 8.75. The van der Waals surface area contributed by atoms with Gasteiger partial charge in [-0.05, 0) is 33.4 Å². The molecule has 20 heavy (non-hydrogen) atoms. The first kappa shape index (κ1) is 15.3. The molecule has 1 fully saturated rings. The van der Waals surface area contributed by atoms with Gasteiger partial charge in [0.25, 0.3) is 0 Å². The van der Waals surface area contributed by atoms with Gasteiger partial charge in [-0.1, -0.05) is 18.2 Å². The van der Waals surface area contributed by atoms with Gasteiger partial charge in [-0.25, -0.2) is 0 Å². The van der Waals surface area contributed by atoms with E-state index in [1.807, 2.05) is 25.1 Å². The van der Waals surface area contributed by atoms with Crippen molar-refractivity contribution in [1.82, 2.24) is 4.90 Å². The molecule has 0 amide bonds. The zero-order chi connectivity index (χ0) is 14.5. The third-order valence-electron chi connectivity index (χ3n) is 4.15. The Kier molecular flexibility index (Phi) is 5.40. The van der Waals surface area contributed by atoms with Crippen molar-refractivity contribution in [2.75, 3.05) is 26.8 Å². The van der Waals surface area contributed by atoms with Crippen LogP contribution in [-0.2, 0) is 4.74 Å². The van der Waals surface area contributed by atoms with E-state index in [1.165, 1.54) is 5.56 Å². The summed E-state index contributed by atoms with van der Waals surface area (Å²) in [6.45, 7) is 6.21. The minimum atomic E-state index is 0.159. The molecule has 4 nitrogen and oxygen atoms in total. The van der Waals surface area contributed by atoms with Crippen LogP contribution in [0.4, 0.5) is 0 Å². The molecule has 0 saturated carbocycles. The lowest BCUT2D eigenvalue weighted by atomic mass is 10.0. The van der Waals surface area contributed by atoms with Crippen molar-refractivity contribution in [3.8, 4) is 5.75 Å². The predicted octanol–water partition coefficient (Wildman–Crippen LogP) is 2.19. The van der Waals surface area contributed by atoms with Crippen molar-refractivity contribution in [3.05, 3.63) is 29.8 Å². The molecule has 1 aromatic rings. The SMILES string of the molecule is CCOc1ccccc1C(CN)N(C)C1CCOC1C. The second-order valence-electron chi connectivity index (χ2n) is 5.32. The Labute approximate surface area is 121 Å². The van der Waals surface area contributed by atoms with E-state index in [-0.39, 0.29) is 12.1 Å². The van der Waals surface area contributed by atoms with Crippen LogP contribution in [0.15, 0.2) is 24.3 Å². The molecule has 2 N–H and O–H groups in total. The Bertz CT molecular complexity index is 425. The van der Waals surface area contributed by atoms with Gasteiger partial charge in [-0.2, -0.15) is 0 Å². The Morgan fingerprint density at radius 3 is 2.80 bits per heavy atom. The summed E-state index contributed by atoms with van der Waals surface area (Å²) in [5, 5.41) is 0. The Balaban J connectivity index is 2.23. The Morgan fingerprint density at radius 1 is 1.45 bits per heavy atom. The predicted molar refractivity (Wildman–Crippen MR) is 81.0 cm³/mol. The van der Waals surface area contributed by atoms with Crippen LogP contribution in [0.5, 0.6) is 5.75 Å². The van der Waals surface area contributed by atoms with Gasteiger partial charge in [0.2, 0.25) is 0 Å². The average Bonchev–Trinajstić information content (AvgIpc) is 2.88. The van der Waals surface area contributed by atoms with Gasteiger partial charge in [0, 0.05) is 24.8 Å². The first-order valence-electron chi connectivity index (χ1n) is 7.44. The Morgan fingerprint density at radius 2 is 2.20 bits per heavy atom. The standard InChI is InChI=1S/C16H26N2O2/c1-4-19-16-8-6-5-7-13(16)15(11-17)18(3)14-9-10-20-12(14)2/h5-8,12,14-15H,4,9-11,17H2,1-3H3. The maximum absolute atomic E-state index is 6.05. The maximum Gasteiger partial charge on any atom is 0.124 e. The highest BCUT2D eigenvalue weighted by atomic mass is 16.5. The third-order valence-corrected chi connectivity index (χ3v) is 4.15. The monoisotopic (exact) mass is 278 g/mol. The van der Waals surface area contributed by atoms with Gasteiger partial charge in [0.1, 0.15) is 5.75 Å². The van der Waals surface area contributed by atoms with E-state index in [4.69, 9.17) is 15.2 Å². The van der Waals surface area contributed by atoms with Gasteiger partial charge in [-0.3, -0.25) is 4.90 Å². The van der Waals surface area contributed by atoms with Gasteiger partial charge in [0.05, 0.1) is 18.8 Å². The minimum absolute atomic E-state index is 0.159. The number of hydrogen-bond donors (Lipinski definition) is 1. The van der Waals surface area contributed by atoms with Crippen LogP contribution in [0.3, 0.4) is 0 Å². The van der Waals surface area contributed by atoms with Crippen LogP contribution in [-0.4, -0.2) is 43.9 Å². The van der Waals surface area contributed by atoms with E-state index in [0.717, 1.165) is 18.8 Å². The van der Waals surface area contributed by atoms with Crippen molar-refractivity contribution in [1.29, 1.82) is 0 Å². The maximum atomic E-state index is 6.05. The van der Waals surface area contributed by atoms with E-state index < -0.39 is 0 Å². The van der Waals surface area contributed by atoms with Gasteiger partial charge < -0.3 is 15.2 Å². The average molecular weight is 278 g/mol. The number of rotatable bonds is 6. The number of nitrogens with two attached hydrogens (primary N) is 1. The fourth-order valence-corrected chi connectivity index (χ4v) is 3.04. The zero-order valence-electron chi connectivity index (χ0n) is 12.7. The fourth-order valence-electron chi connectivity index (χ4n) is 3.04. The highest BCUT2D eigenvalue weighted by Gasteiger charge is 2.32. The second kappa shape index (κ2) is 7.07. The van der Waals surface area contributed by atoms with Gasteiger partial charge in [0.15, 0.2) is 0 Å². The summed E-state index contributed by atoms with van der Waals surface area (Å²) in [6.07, 6.45) is 1.32. The van der Waals surface area contributed by atoms with Gasteiger partial charge in [-0.15, -0.1) is 0 Å². The largest absolute Gasteiger partial charge is 0.494 e.